The Labute approximate surface area is 172 Å². The highest BCUT2D eigenvalue weighted by atomic mass is 35.5. The van der Waals surface area contributed by atoms with Crippen molar-refractivity contribution in [3.63, 3.8) is 0 Å². The maximum Gasteiger partial charge on any atom is 0.154 e. The van der Waals surface area contributed by atoms with Crippen molar-refractivity contribution in [2.45, 2.75) is 44.8 Å². The van der Waals surface area contributed by atoms with Crippen LogP contribution in [-0.4, -0.2) is 36.3 Å². The molecule has 0 saturated heterocycles. The number of methoxy groups -OCH3 is 1. The number of hydrogen-bond acceptors (Lipinski definition) is 6. The lowest BCUT2D eigenvalue weighted by atomic mass is 9.85. The van der Waals surface area contributed by atoms with Crippen molar-refractivity contribution in [2.24, 2.45) is 5.92 Å². The van der Waals surface area contributed by atoms with Crippen LogP contribution in [0.2, 0.25) is 5.15 Å². The number of ether oxygens (including phenoxy) is 1. The summed E-state index contributed by atoms with van der Waals surface area (Å²) in [6.07, 6.45) is 6.23. The van der Waals surface area contributed by atoms with Gasteiger partial charge in [-0.15, -0.1) is 0 Å². The summed E-state index contributed by atoms with van der Waals surface area (Å²) in [5.74, 6) is 1.45. The third-order valence-corrected chi connectivity index (χ3v) is 5.26. The average molecular weight is 405 g/mol. The van der Waals surface area contributed by atoms with E-state index in [1.54, 1.807) is 13.3 Å². The van der Waals surface area contributed by atoms with Crippen molar-refractivity contribution in [1.29, 1.82) is 0 Å². The van der Waals surface area contributed by atoms with Crippen molar-refractivity contribution in [3.05, 3.63) is 52.9 Å². The van der Waals surface area contributed by atoms with Crippen LogP contribution >= 0.6 is 11.6 Å². The van der Waals surface area contributed by atoms with E-state index in [2.05, 4.69) is 32.9 Å². The molecule has 7 heteroatoms. The predicted octanol–water partition coefficient (Wildman–Crippen LogP) is 4.18. The fraction of sp³-hybridized carbons (Fsp3) is 0.524. The summed E-state index contributed by atoms with van der Waals surface area (Å²) in [7, 11) is 1.65. The van der Waals surface area contributed by atoms with E-state index in [-0.39, 0.29) is 12.1 Å². The molecule has 0 amide bonds. The molecule has 152 valence electrons. The van der Waals surface area contributed by atoms with Crippen molar-refractivity contribution in [2.75, 3.05) is 25.6 Å². The molecule has 0 radical (unpaired) electrons. The van der Waals surface area contributed by atoms with Crippen molar-refractivity contribution < 1.29 is 9.57 Å². The van der Waals surface area contributed by atoms with Crippen LogP contribution in [0.5, 0.6) is 0 Å². The standard InChI is InChI=1S/C21H29ClN4O2/c1-15(14-27-2)28-26-18(11-16-7-4-3-5-8-16)20-21(22)25-19(13-24-20)23-12-17-9-6-10-17/h3-5,7-8,13,15,17-18,26H,6,9-12,14H2,1-2H3,(H,23,25)/t15-,18-/m1/s1. The summed E-state index contributed by atoms with van der Waals surface area (Å²) in [6.45, 7) is 3.36. The van der Waals surface area contributed by atoms with E-state index in [4.69, 9.17) is 21.2 Å². The second-order valence-corrected chi connectivity index (χ2v) is 7.71. The van der Waals surface area contributed by atoms with E-state index in [0.717, 1.165) is 18.0 Å². The van der Waals surface area contributed by atoms with E-state index in [1.165, 1.54) is 19.3 Å². The first-order chi connectivity index (χ1) is 13.7. The SMILES string of the molecule is COC[C@@H](C)ON[C@H](Cc1ccccc1)c1ncc(NCC2CCC2)nc1Cl. The molecule has 2 N–H and O–H groups in total. The van der Waals surface area contributed by atoms with Gasteiger partial charge in [0.25, 0.3) is 0 Å². The molecule has 6 nitrogen and oxygen atoms in total. The van der Waals surface area contributed by atoms with E-state index in [1.807, 2.05) is 25.1 Å². The summed E-state index contributed by atoms with van der Waals surface area (Å²) in [5.41, 5.74) is 4.94. The van der Waals surface area contributed by atoms with Gasteiger partial charge in [-0.1, -0.05) is 48.4 Å². The van der Waals surface area contributed by atoms with Crippen LogP contribution in [0.15, 0.2) is 36.5 Å². The molecule has 1 aromatic carbocycles. The first kappa shape index (κ1) is 21.0. The van der Waals surface area contributed by atoms with Gasteiger partial charge in [-0.3, -0.25) is 9.82 Å². The molecule has 0 spiro atoms. The second-order valence-electron chi connectivity index (χ2n) is 7.35. The normalized spacial score (nSPS) is 16.4. The Balaban J connectivity index is 1.69. The van der Waals surface area contributed by atoms with Crippen LogP contribution in [-0.2, 0) is 16.0 Å². The van der Waals surface area contributed by atoms with E-state index in [0.29, 0.717) is 29.7 Å². The molecule has 0 bridgehead atoms. The molecule has 1 aliphatic rings. The summed E-state index contributed by atoms with van der Waals surface area (Å²) >= 11 is 6.50. The average Bonchev–Trinajstić information content (AvgIpc) is 2.65. The second kappa shape index (κ2) is 10.7. The molecule has 1 heterocycles. The zero-order chi connectivity index (χ0) is 19.8. The Morgan fingerprint density at radius 1 is 1.25 bits per heavy atom. The van der Waals surface area contributed by atoms with Crippen molar-refractivity contribution in [1.82, 2.24) is 15.4 Å². The van der Waals surface area contributed by atoms with Crippen LogP contribution in [0.3, 0.4) is 0 Å². The molecular weight excluding hydrogens is 376 g/mol. The lowest BCUT2D eigenvalue weighted by molar-refractivity contribution is -0.0657. The molecule has 1 saturated carbocycles. The Bertz CT molecular complexity index is 728. The van der Waals surface area contributed by atoms with Gasteiger partial charge >= 0.3 is 0 Å². The van der Waals surface area contributed by atoms with E-state index < -0.39 is 0 Å². The molecule has 1 aliphatic carbocycles. The number of anilines is 1. The van der Waals surface area contributed by atoms with E-state index >= 15 is 0 Å². The summed E-state index contributed by atoms with van der Waals surface area (Å²) in [4.78, 5) is 14.8. The summed E-state index contributed by atoms with van der Waals surface area (Å²) in [6, 6.07) is 9.95. The number of hydrogen-bond donors (Lipinski definition) is 2. The van der Waals surface area contributed by atoms with Crippen molar-refractivity contribution in [3.8, 4) is 0 Å². The van der Waals surface area contributed by atoms with E-state index in [9.17, 15) is 0 Å². The Kier molecular flexibility index (Phi) is 8.03. The highest BCUT2D eigenvalue weighted by Crippen LogP contribution is 2.27. The van der Waals surface area contributed by atoms with Gasteiger partial charge in [0.05, 0.1) is 30.6 Å². The van der Waals surface area contributed by atoms with Gasteiger partial charge in [0.1, 0.15) is 5.82 Å². The van der Waals surface area contributed by atoms with Gasteiger partial charge in [0.15, 0.2) is 5.15 Å². The number of hydroxylamine groups is 1. The monoisotopic (exact) mass is 404 g/mol. The number of benzene rings is 1. The Morgan fingerprint density at radius 2 is 2.04 bits per heavy atom. The van der Waals surface area contributed by atoms with Gasteiger partial charge < -0.3 is 10.1 Å². The van der Waals surface area contributed by atoms with Crippen LogP contribution in [0.1, 0.15) is 43.5 Å². The number of nitrogens with zero attached hydrogens (tertiary/aromatic N) is 2. The smallest absolute Gasteiger partial charge is 0.154 e. The highest BCUT2D eigenvalue weighted by molar-refractivity contribution is 6.30. The molecule has 1 aromatic heterocycles. The molecule has 28 heavy (non-hydrogen) atoms. The number of aromatic nitrogens is 2. The minimum atomic E-state index is -0.220. The molecule has 0 unspecified atom stereocenters. The third-order valence-electron chi connectivity index (χ3n) is 4.98. The quantitative estimate of drug-likeness (QED) is 0.547. The lowest BCUT2D eigenvalue weighted by Crippen LogP contribution is -2.31. The highest BCUT2D eigenvalue weighted by Gasteiger charge is 2.21. The minimum absolute atomic E-state index is 0.0987. The molecule has 2 aromatic rings. The zero-order valence-corrected chi connectivity index (χ0v) is 17.3. The third kappa shape index (κ3) is 6.14. The van der Waals surface area contributed by atoms with Crippen LogP contribution < -0.4 is 10.8 Å². The van der Waals surface area contributed by atoms with Gasteiger partial charge in [-0.05, 0) is 37.7 Å². The summed E-state index contributed by atoms with van der Waals surface area (Å²) < 4.78 is 5.13. The molecule has 0 aliphatic heterocycles. The molecule has 3 rings (SSSR count). The van der Waals surface area contributed by atoms with Crippen LogP contribution in [0.25, 0.3) is 0 Å². The Hall–Kier alpha value is -1.73. The predicted molar refractivity (Wildman–Crippen MR) is 111 cm³/mol. The Morgan fingerprint density at radius 3 is 2.68 bits per heavy atom. The first-order valence-corrected chi connectivity index (χ1v) is 10.2. The molecular formula is C21H29ClN4O2. The van der Waals surface area contributed by atoms with Gasteiger partial charge in [-0.2, -0.15) is 5.48 Å². The largest absolute Gasteiger partial charge is 0.382 e. The van der Waals surface area contributed by atoms with Gasteiger partial charge in [-0.25, -0.2) is 4.98 Å². The van der Waals surface area contributed by atoms with Crippen LogP contribution in [0, 0.1) is 5.92 Å². The number of nitrogens with one attached hydrogen (secondary N) is 2. The minimum Gasteiger partial charge on any atom is -0.382 e. The maximum absolute atomic E-state index is 6.50. The number of rotatable bonds is 11. The summed E-state index contributed by atoms with van der Waals surface area (Å²) in [5, 5.41) is 3.73. The molecule has 1 fully saturated rings. The van der Waals surface area contributed by atoms with Crippen molar-refractivity contribution >= 4 is 17.4 Å². The fourth-order valence-corrected chi connectivity index (χ4v) is 3.42. The van der Waals surface area contributed by atoms with Crippen LogP contribution in [0.4, 0.5) is 5.82 Å². The first-order valence-electron chi connectivity index (χ1n) is 9.86. The van der Waals surface area contributed by atoms with Gasteiger partial charge in [0.2, 0.25) is 0 Å². The topological polar surface area (TPSA) is 68.3 Å². The molecule has 2 atom stereocenters. The zero-order valence-electron chi connectivity index (χ0n) is 16.5. The lowest BCUT2D eigenvalue weighted by Gasteiger charge is -2.25. The fourth-order valence-electron chi connectivity index (χ4n) is 3.15. The number of halogens is 1. The van der Waals surface area contributed by atoms with Gasteiger partial charge in [0, 0.05) is 13.7 Å². The maximum atomic E-state index is 6.50.